The molecule has 0 saturated heterocycles. The molecule has 0 aliphatic carbocycles. The van der Waals surface area contributed by atoms with Gasteiger partial charge in [0.15, 0.2) is 0 Å². The Morgan fingerprint density at radius 2 is 2.08 bits per heavy atom. The lowest BCUT2D eigenvalue weighted by Gasteiger charge is -2.19. The largest absolute Gasteiger partial charge is 0.606 e. The third-order valence-electron chi connectivity index (χ3n) is 0.887. The van der Waals surface area contributed by atoms with Crippen LogP contribution in [0, 0.1) is 0 Å². The standard InChI is InChI=1S/C7H13BrO3S/c1-7(2,3)11-6(9)4-5-12(8)10/h4-5H2,1-3H3. The normalized spacial score (nSPS) is 14.1. The van der Waals surface area contributed by atoms with E-state index in [0.717, 1.165) is 0 Å². The van der Waals surface area contributed by atoms with Crippen molar-refractivity contribution in [1.82, 2.24) is 0 Å². The van der Waals surface area contributed by atoms with Gasteiger partial charge in [0, 0.05) is 9.61 Å². The van der Waals surface area contributed by atoms with E-state index in [4.69, 9.17) is 4.74 Å². The van der Waals surface area contributed by atoms with Crippen molar-refractivity contribution in [1.29, 1.82) is 0 Å². The van der Waals surface area contributed by atoms with Crippen LogP contribution in [-0.2, 0) is 19.1 Å². The van der Waals surface area contributed by atoms with Crippen LogP contribution in [0.5, 0.6) is 0 Å². The minimum Gasteiger partial charge on any atom is -0.606 e. The predicted molar refractivity (Wildman–Crippen MR) is 52.4 cm³/mol. The second-order valence-electron chi connectivity index (χ2n) is 3.33. The minimum absolute atomic E-state index is 0.190. The molecule has 0 aromatic carbocycles. The minimum atomic E-state index is -1.10. The topological polar surface area (TPSA) is 49.4 Å². The molecule has 1 unspecified atom stereocenters. The first kappa shape index (κ1) is 12.3. The first-order valence-corrected chi connectivity index (χ1v) is 6.74. The Morgan fingerprint density at radius 1 is 1.58 bits per heavy atom. The number of hydrogen-bond donors (Lipinski definition) is 0. The van der Waals surface area contributed by atoms with Gasteiger partial charge in [-0.3, -0.25) is 4.79 Å². The second-order valence-corrected chi connectivity index (χ2v) is 6.49. The van der Waals surface area contributed by atoms with Gasteiger partial charge >= 0.3 is 5.97 Å². The monoisotopic (exact) mass is 256 g/mol. The van der Waals surface area contributed by atoms with Gasteiger partial charge in [0.2, 0.25) is 14.8 Å². The van der Waals surface area contributed by atoms with Gasteiger partial charge in [0.05, 0.1) is 6.42 Å². The highest BCUT2D eigenvalue weighted by Crippen LogP contribution is 2.10. The fraction of sp³-hybridized carbons (Fsp3) is 0.857. The Kier molecular flexibility index (Phi) is 5.20. The Labute approximate surface area is 83.2 Å². The van der Waals surface area contributed by atoms with E-state index in [9.17, 15) is 9.35 Å². The van der Waals surface area contributed by atoms with Crippen molar-refractivity contribution < 1.29 is 14.1 Å². The molecule has 0 aromatic heterocycles. The fourth-order valence-electron chi connectivity index (χ4n) is 0.556. The number of esters is 1. The average Bonchev–Trinajstić information content (AvgIpc) is 1.79. The summed E-state index contributed by atoms with van der Waals surface area (Å²) < 4.78 is 15.5. The van der Waals surface area contributed by atoms with Gasteiger partial charge in [-0.15, -0.1) is 0 Å². The van der Waals surface area contributed by atoms with E-state index in [1.165, 1.54) is 0 Å². The smallest absolute Gasteiger partial charge is 0.311 e. The van der Waals surface area contributed by atoms with E-state index in [1.807, 2.05) is 0 Å². The maximum absolute atomic E-state index is 11.0. The number of carbonyl (C=O) groups excluding carboxylic acids is 1. The van der Waals surface area contributed by atoms with Gasteiger partial charge < -0.3 is 9.29 Å². The second kappa shape index (κ2) is 5.09. The van der Waals surface area contributed by atoms with Crippen LogP contribution in [0.25, 0.3) is 0 Å². The number of halogens is 1. The SMILES string of the molecule is CC(C)(C)OC(=O)CC[S+]([O-])Br. The molecule has 0 spiro atoms. The quantitative estimate of drug-likeness (QED) is 0.572. The van der Waals surface area contributed by atoms with Crippen molar-refractivity contribution in [2.45, 2.75) is 32.8 Å². The lowest BCUT2D eigenvalue weighted by Crippen LogP contribution is -2.24. The molecule has 72 valence electrons. The van der Waals surface area contributed by atoms with Crippen LogP contribution in [0.3, 0.4) is 0 Å². The lowest BCUT2D eigenvalue weighted by molar-refractivity contribution is -0.154. The molecule has 0 bridgehead atoms. The lowest BCUT2D eigenvalue weighted by atomic mass is 10.2. The number of rotatable bonds is 3. The summed E-state index contributed by atoms with van der Waals surface area (Å²) in [5.41, 5.74) is -0.453. The Balaban J connectivity index is 3.61. The Bertz CT molecular complexity index is 153. The molecule has 0 amide bonds. The van der Waals surface area contributed by atoms with E-state index in [-0.39, 0.29) is 12.4 Å². The fourth-order valence-corrected chi connectivity index (χ4v) is 1.37. The zero-order chi connectivity index (χ0) is 9.78. The first-order valence-electron chi connectivity index (χ1n) is 3.58. The molecule has 0 fully saturated rings. The van der Waals surface area contributed by atoms with Crippen LogP contribution in [-0.4, -0.2) is 21.9 Å². The van der Waals surface area contributed by atoms with Crippen molar-refractivity contribution in [2.24, 2.45) is 0 Å². The summed E-state index contributed by atoms with van der Waals surface area (Å²) in [7, 11) is -1.10. The van der Waals surface area contributed by atoms with Crippen molar-refractivity contribution >= 4 is 30.4 Å². The molecule has 0 radical (unpaired) electrons. The third-order valence-corrected chi connectivity index (χ3v) is 2.38. The summed E-state index contributed by atoms with van der Waals surface area (Å²) in [5, 5.41) is 0. The Hall–Kier alpha value is 0.260. The predicted octanol–water partition coefficient (Wildman–Crippen LogP) is 1.78. The molecule has 3 nitrogen and oxygen atoms in total. The summed E-state index contributed by atoms with van der Waals surface area (Å²) in [6.07, 6.45) is 0.190. The molecule has 12 heavy (non-hydrogen) atoms. The van der Waals surface area contributed by atoms with Crippen LogP contribution >= 0.6 is 14.8 Å². The zero-order valence-corrected chi connectivity index (χ0v) is 9.83. The summed E-state index contributed by atoms with van der Waals surface area (Å²) in [6, 6.07) is 0. The highest BCUT2D eigenvalue weighted by atomic mass is 79.9. The van der Waals surface area contributed by atoms with Crippen LogP contribution in [0.15, 0.2) is 0 Å². The van der Waals surface area contributed by atoms with Crippen molar-refractivity contribution in [3.8, 4) is 0 Å². The van der Waals surface area contributed by atoms with E-state index >= 15 is 0 Å². The van der Waals surface area contributed by atoms with E-state index in [0.29, 0.717) is 5.75 Å². The average molecular weight is 257 g/mol. The molecule has 0 aliphatic heterocycles. The first-order chi connectivity index (χ1) is 5.31. The van der Waals surface area contributed by atoms with E-state index in [2.05, 4.69) is 14.8 Å². The van der Waals surface area contributed by atoms with Gasteiger partial charge in [-0.1, -0.05) is 0 Å². The number of ether oxygens (including phenoxy) is 1. The summed E-state index contributed by atoms with van der Waals surface area (Å²) in [6.45, 7) is 5.40. The highest BCUT2D eigenvalue weighted by Gasteiger charge is 2.17. The third kappa shape index (κ3) is 8.36. The van der Waals surface area contributed by atoms with Crippen LogP contribution in [0.1, 0.15) is 27.2 Å². The summed E-state index contributed by atoms with van der Waals surface area (Å²) in [5.74, 6) is -0.00940. The van der Waals surface area contributed by atoms with Gasteiger partial charge in [0.25, 0.3) is 0 Å². The molecular formula is C7H13BrO3S. The number of carbonyl (C=O) groups is 1. The van der Waals surface area contributed by atoms with Crippen molar-refractivity contribution in [2.75, 3.05) is 5.75 Å². The molecule has 0 aromatic rings. The van der Waals surface area contributed by atoms with Gasteiger partial charge in [-0.2, -0.15) is 0 Å². The highest BCUT2D eigenvalue weighted by molar-refractivity contribution is 9.47. The van der Waals surface area contributed by atoms with Crippen LogP contribution in [0.4, 0.5) is 0 Å². The molecule has 5 heteroatoms. The van der Waals surface area contributed by atoms with Crippen molar-refractivity contribution in [3.63, 3.8) is 0 Å². The molecule has 1 atom stereocenters. The molecule has 0 N–H and O–H groups in total. The number of hydrogen-bond acceptors (Lipinski definition) is 3. The molecular weight excluding hydrogens is 244 g/mol. The van der Waals surface area contributed by atoms with E-state index in [1.54, 1.807) is 20.8 Å². The van der Waals surface area contributed by atoms with Gasteiger partial charge in [-0.05, 0) is 20.8 Å². The maximum atomic E-state index is 11.0. The van der Waals surface area contributed by atoms with E-state index < -0.39 is 15.2 Å². The molecule has 0 saturated carbocycles. The zero-order valence-electron chi connectivity index (χ0n) is 7.43. The Morgan fingerprint density at radius 3 is 2.42 bits per heavy atom. The van der Waals surface area contributed by atoms with Crippen LogP contribution < -0.4 is 0 Å². The van der Waals surface area contributed by atoms with Crippen LogP contribution in [0.2, 0.25) is 0 Å². The van der Waals surface area contributed by atoms with Gasteiger partial charge in [-0.25, -0.2) is 0 Å². The van der Waals surface area contributed by atoms with Crippen molar-refractivity contribution in [3.05, 3.63) is 0 Å². The van der Waals surface area contributed by atoms with Gasteiger partial charge in [0.1, 0.15) is 11.4 Å². The summed E-state index contributed by atoms with van der Waals surface area (Å²) in [4.78, 5) is 11.0. The molecule has 0 aliphatic rings. The maximum Gasteiger partial charge on any atom is 0.311 e. The summed E-state index contributed by atoms with van der Waals surface area (Å²) >= 11 is 2.85. The molecule has 0 heterocycles. The molecule has 0 rings (SSSR count).